The molecule has 0 unspecified atom stereocenters. The number of hydrogen-bond donors (Lipinski definition) is 1. The van der Waals surface area contributed by atoms with Gasteiger partial charge in [0.1, 0.15) is 11.3 Å². The van der Waals surface area contributed by atoms with Gasteiger partial charge in [-0.1, -0.05) is 18.2 Å². The topological polar surface area (TPSA) is 73.2 Å². The molecular formula is C20H17N3O3S. The Morgan fingerprint density at radius 3 is 2.41 bits per heavy atom. The number of nitrogens with one attached hydrogen (secondary N) is 1. The quantitative estimate of drug-likeness (QED) is 0.567. The summed E-state index contributed by atoms with van der Waals surface area (Å²) in [4.78, 5) is 4.53. The van der Waals surface area contributed by atoms with Crippen molar-refractivity contribution >= 4 is 32.4 Å². The molecule has 136 valence electrons. The van der Waals surface area contributed by atoms with E-state index in [1.54, 1.807) is 36.7 Å². The molecule has 0 spiro atoms. The van der Waals surface area contributed by atoms with Crippen LogP contribution in [-0.4, -0.2) is 24.5 Å². The van der Waals surface area contributed by atoms with Gasteiger partial charge in [0, 0.05) is 23.5 Å². The summed E-state index contributed by atoms with van der Waals surface area (Å²) in [6.07, 6.45) is 3.19. The molecule has 27 heavy (non-hydrogen) atoms. The van der Waals surface area contributed by atoms with E-state index in [1.807, 2.05) is 30.3 Å². The van der Waals surface area contributed by atoms with E-state index in [1.165, 1.54) is 23.2 Å². The lowest BCUT2D eigenvalue weighted by Crippen LogP contribution is -2.13. The van der Waals surface area contributed by atoms with Crippen LogP contribution in [-0.2, 0) is 10.0 Å². The molecule has 0 fully saturated rings. The van der Waals surface area contributed by atoms with Crippen LogP contribution < -0.4 is 10.1 Å². The first-order valence-electron chi connectivity index (χ1n) is 8.27. The lowest BCUT2D eigenvalue weighted by atomic mass is 10.3. The van der Waals surface area contributed by atoms with E-state index in [2.05, 4.69) is 10.3 Å². The number of nitrogens with zero attached hydrogens (tertiary/aromatic N) is 2. The number of hydrogen-bond acceptors (Lipinski definition) is 5. The molecule has 1 N–H and O–H groups in total. The van der Waals surface area contributed by atoms with Gasteiger partial charge in [-0.2, -0.15) is 0 Å². The van der Waals surface area contributed by atoms with Crippen LogP contribution in [0.1, 0.15) is 0 Å². The van der Waals surface area contributed by atoms with Gasteiger partial charge in [0.15, 0.2) is 5.82 Å². The number of benzene rings is 2. The minimum Gasteiger partial charge on any atom is -0.497 e. The summed E-state index contributed by atoms with van der Waals surface area (Å²) >= 11 is 0. The van der Waals surface area contributed by atoms with Crippen molar-refractivity contribution in [2.45, 2.75) is 4.90 Å². The summed E-state index contributed by atoms with van der Waals surface area (Å²) in [6, 6.07) is 19.3. The van der Waals surface area contributed by atoms with E-state index in [0.717, 1.165) is 11.1 Å². The smallest absolute Gasteiger partial charge is 0.268 e. The monoisotopic (exact) mass is 379 g/mol. The van der Waals surface area contributed by atoms with E-state index in [-0.39, 0.29) is 4.90 Å². The van der Waals surface area contributed by atoms with Crippen molar-refractivity contribution in [2.75, 3.05) is 12.4 Å². The minimum atomic E-state index is -3.78. The molecule has 6 nitrogen and oxygen atoms in total. The average molecular weight is 379 g/mol. The summed E-state index contributed by atoms with van der Waals surface area (Å²) in [5.74, 6) is 1.07. The molecule has 0 amide bonds. The van der Waals surface area contributed by atoms with Crippen molar-refractivity contribution < 1.29 is 13.2 Å². The average Bonchev–Trinajstić information content (AvgIpc) is 3.15. The van der Waals surface area contributed by atoms with Crippen molar-refractivity contribution in [3.8, 4) is 5.75 Å². The van der Waals surface area contributed by atoms with Gasteiger partial charge in [0.25, 0.3) is 10.0 Å². The third kappa shape index (κ3) is 3.13. The lowest BCUT2D eigenvalue weighted by Gasteiger charge is -2.12. The van der Waals surface area contributed by atoms with E-state index in [0.29, 0.717) is 17.1 Å². The Labute approximate surface area is 157 Å². The van der Waals surface area contributed by atoms with Crippen molar-refractivity contribution in [3.05, 3.63) is 79.1 Å². The summed E-state index contributed by atoms with van der Waals surface area (Å²) in [5, 5.41) is 3.98. The van der Waals surface area contributed by atoms with Crippen LogP contribution in [0.3, 0.4) is 0 Å². The molecule has 0 atom stereocenters. The zero-order valence-electron chi connectivity index (χ0n) is 14.5. The van der Waals surface area contributed by atoms with Crippen LogP contribution in [0.5, 0.6) is 5.75 Å². The molecule has 0 aliphatic heterocycles. The molecule has 4 aromatic rings. The second-order valence-corrected chi connectivity index (χ2v) is 7.70. The highest BCUT2D eigenvalue weighted by molar-refractivity contribution is 7.90. The van der Waals surface area contributed by atoms with Gasteiger partial charge in [-0.3, -0.25) is 0 Å². The van der Waals surface area contributed by atoms with Gasteiger partial charge in [0.2, 0.25) is 0 Å². The summed E-state index contributed by atoms with van der Waals surface area (Å²) < 4.78 is 32.7. The van der Waals surface area contributed by atoms with Crippen LogP contribution in [0.2, 0.25) is 0 Å². The maximum absolute atomic E-state index is 13.2. The van der Waals surface area contributed by atoms with Crippen molar-refractivity contribution in [1.82, 2.24) is 8.96 Å². The fraction of sp³-hybridized carbons (Fsp3) is 0.0500. The number of pyridine rings is 1. The molecule has 0 radical (unpaired) electrons. The first-order chi connectivity index (χ1) is 13.1. The predicted molar refractivity (Wildman–Crippen MR) is 105 cm³/mol. The molecule has 4 rings (SSSR count). The van der Waals surface area contributed by atoms with Crippen molar-refractivity contribution in [3.63, 3.8) is 0 Å². The van der Waals surface area contributed by atoms with E-state index >= 15 is 0 Å². The first kappa shape index (κ1) is 17.1. The van der Waals surface area contributed by atoms with E-state index in [4.69, 9.17) is 4.74 Å². The van der Waals surface area contributed by atoms with Crippen molar-refractivity contribution in [1.29, 1.82) is 0 Å². The van der Waals surface area contributed by atoms with Crippen LogP contribution in [0, 0.1) is 0 Å². The van der Waals surface area contributed by atoms with Gasteiger partial charge in [0.05, 0.1) is 12.0 Å². The Hall–Kier alpha value is -3.32. The fourth-order valence-corrected chi connectivity index (χ4v) is 4.23. The standard InChI is InChI=1S/C20H17N3O3S/c1-26-17-7-9-18(10-8-17)27(24,25)23-14-12-15-11-13-21-20(19(15)23)22-16-5-3-2-4-6-16/h2-14H,1H3,(H,21,22). The second-order valence-electron chi connectivity index (χ2n) is 5.88. The normalized spacial score (nSPS) is 11.4. The Morgan fingerprint density at radius 2 is 1.70 bits per heavy atom. The third-order valence-corrected chi connectivity index (χ3v) is 5.91. The second kappa shape index (κ2) is 6.77. The number of rotatable bonds is 5. The summed E-state index contributed by atoms with van der Waals surface area (Å²) in [6.45, 7) is 0. The van der Waals surface area contributed by atoms with Gasteiger partial charge >= 0.3 is 0 Å². The molecule has 2 aromatic carbocycles. The number of anilines is 2. The Morgan fingerprint density at radius 1 is 0.963 bits per heavy atom. The van der Waals surface area contributed by atoms with Gasteiger partial charge in [-0.15, -0.1) is 0 Å². The van der Waals surface area contributed by atoms with Crippen LogP contribution in [0.4, 0.5) is 11.5 Å². The van der Waals surface area contributed by atoms with Crippen LogP contribution >= 0.6 is 0 Å². The third-order valence-electron chi connectivity index (χ3n) is 4.22. The maximum Gasteiger partial charge on any atom is 0.268 e. The highest BCUT2D eigenvalue weighted by Crippen LogP contribution is 2.29. The highest BCUT2D eigenvalue weighted by Gasteiger charge is 2.21. The number of ether oxygens (including phenoxy) is 1. The number of fused-ring (bicyclic) bond motifs is 1. The fourth-order valence-electron chi connectivity index (χ4n) is 2.87. The molecule has 2 heterocycles. The number of aromatic nitrogens is 2. The van der Waals surface area contributed by atoms with Crippen molar-refractivity contribution in [2.24, 2.45) is 0 Å². The summed E-state index contributed by atoms with van der Waals surface area (Å²) in [5.41, 5.74) is 1.32. The maximum atomic E-state index is 13.2. The van der Waals surface area contributed by atoms with Gasteiger partial charge < -0.3 is 10.1 Å². The Balaban J connectivity index is 1.84. The number of methoxy groups -OCH3 is 1. The zero-order chi connectivity index (χ0) is 18.9. The lowest BCUT2D eigenvalue weighted by molar-refractivity contribution is 0.414. The molecule has 7 heteroatoms. The molecule has 0 bridgehead atoms. The Kier molecular flexibility index (Phi) is 4.29. The van der Waals surface area contributed by atoms with Crippen LogP contribution in [0.15, 0.2) is 84.0 Å². The molecule has 0 aliphatic carbocycles. The minimum absolute atomic E-state index is 0.176. The van der Waals surface area contributed by atoms with E-state index in [9.17, 15) is 8.42 Å². The SMILES string of the molecule is COc1ccc(S(=O)(=O)n2ccc3ccnc(Nc4ccccc4)c32)cc1. The predicted octanol–water partition coefficient (Wildman–Crippen LogP) is 4.03. The molecule has 0 saturated heterocycles. The van der Waals surface area contributed by atoms with Crippen LogP contribution in [0.25, 0.3) is 10.9 Å². The molecule has 2 aromatic heterocycles. The van der Waals surface area contributed by atoms with Gasteiger partial charge in [-0.25, -0.2) is 17.4 Å². The molecule has 0 saturated carbocycles. The summed E-state index contributed by atoms with van der Waals surface area (Å²) in [7, 11) is -2.24. The number of para-hydroxylation sites is 1. The zero-order valence-corrected chi connectivity index (χ0v) is 15.3. The Bertz CT molecular complexity index is 1180. The molecular weight excluding hydrogens is 362 g/mol. The van der Waals surface area contributed by atoms with Gasteiger partial charge in [-0.05, 0) is 48.5 Å². The highest BCUT2D eigenvalue weighted by atomic mass is 32.2. The molecule has 0 aliphatic rings. The first-order valence-corrected chi connectivity index (χ1v) is 9.71. The van der Waals surface area contributed by atoms with E-state index < -0.39 is 10.0 Å². The largest absolute Gasteiger partial charge is 0.497 e.